The zero-order valence-electron chi connectivity index (χ0n) is 25.4. The van der Waals surface area contributed by atoms with E-state index < -0.39 is 6.10 Å². The summed E-state index contributed by atoms with van der Waals surface area (Å²) in [5.41, 5.74) is 0. The van der Waals surface area contributed by atoms with Crippen molar-refractivity contribution in [3.05, 3.63) is 24.3 Å². The minimum Gasteiger partial charge on any atom is -0.457 e. The van der Waals surface area contributed by atoms with E-state index in [-0.39, 0.29) is 12.6 Å². The molecular formula is C34H64O4. The molecule has 0 aromatic heterocycles. The van der Waals surface area contributed by atoms with Crippen molar-refractivity contribution in [1.82, 2.24) is 0 Å². The normalized spacial score (nSPS) is 12.6. The molecule has 0 aromatic carbocycles. The third-order valence-corrected chi connectivity index (χ3v) is 7.03. The number of rotatable bonds is 30. The lowest BCUT2D eigenvalue weighted by Gasteiger charge is -2.15. The van der Waals surface area contributed by atoms with Gasteiger partial charge in [0.2, 0.25) is 0 Å². The Morgan fingerprint density at radius 2 is 1.11 bits per heavy atom. The van der Waals surface area contributed by atoms with E-state index in [1.807, 2.05) is 0 Å². The number of carbonyl (C=O) groups excluding carboxylic acids is 1. The molecule has 0 radical (unpaired) electrons. The van der Waals surface area contributed by atoms with Crippen LogP contribution in [0.25, 0.3) is 0 Å². The number of aliphatic hydroxyl groups is 1. The van der Waals surface area contributed by atoms with Crippen molar-refractivity contribution in [2.24, 2.45) is 0 Å². The zero-order chi connectivity index (χ0) is 27.8. The molecule has 0 heterocycles. The Labute approximate surface area is 237 Å². The molecule has 0 aliphatic carbocycles. The molecule has 1 atom stereocenters. The van der Waals surface area contributed by atoms with E-state index in [1.54, 1.807) is 0 Å². The summed E-state index contributed by atoms with van der Waals surface area (Å²) in [6, 6.07) is 0. The monoisotopic (exact) mass is 536 g/mol. The highest BCUT2D eigenvalue weighted by molar-refractivity contribution is 5.69. The highest BCUT2D eigenvalue weighted by Crippen LogP contribution is 2.12. The molecule has 224 valence electrons. The van der Waals surface area contributed by atoms with Crippen LogP contribution in [0.4, 0.5) is 0 Å². The van der Waals surface area contributed by atoms with Crippen molar-refractivity contribution in [3.8, 4) is 0 Å². The summed E-state index contributed by atoms with van der Waals surface area (Å²) in [4.78, 5) is 12.1. The lowest BCUT2D eigenvalue weighted by molar-refractivity contribution is -0.154. The van der Waals surface area contributed by atoms with E-state index >= 15 is 0 Å². The highest BCUT2D eigenvalue weighted by atomic mass is 16.6. The first-order valence-electron chi connectivity index (χ1n) is 16.4. The van der Waals surface area contributed by atoms with Gasteiger partial charge in [0.25, 0.3) is 0 Å². The SMILES string of the molecule is CCCCCC/C=C\C/C=C\CCCCCCCC(=O)OC(CO)COCCCCCCCCCCCC. The Bertz CT molecular complexity index is 529. The third kappa shape index (κ3) is 29.4. The van der Waals surface area contributed by atoms with Crippen LogP contribution in [-0.2, 0) is 14.3 Å². The molecule has 0 aliphatic heterocycles. The quantitative estimate of drug-likeness (QED) is 0.0563. The van der Waals surface area contributed by atoms with Crippen LogP contribution in [-0.4, -0.2) is 37.0 Å². The van der Waals surface area contributed by atoms with E-state index in [9.17, 15) is 9.90 Å². The maximum atomic E-state index is 12.1. The van der Waals surface area contributed by atoms with Gasteiger partial charge in [-0.3, -0.25) is 4.79 Å². The Morgan fingerprint density at radius 3 is 1.66 bits per heavy atom. The molecule has 4 nitrogen and oxygen atoms in total. The zero-order valence-corrected chi connectivity index (χ0v) is 25.4. The van der Waals surface area contributed by atoms with Gasteiger partial charge in [-0.1, -0.05) is 134 Å². The molecule has 0 amide bonds. The summed E-state index contributed by atoms with van der Waals surface area (Å²) in [5.74, 6) is -0.215. The molecule has 0 saturated carbocycles. The van der Waals surface area contributed by atoms with Gasteiger partial charge in [-0.2, -0.15) is 0 Å². The number of aliphatic hydroxyl groups excluding tert-OH is 1. The Balaban J connectivity index is 3.49. The summed E-state index contributed by atoms with van der Waals surface area (Å²) in [6.45, 7) is 5.31. The van der Waals surface area contributed by atoms with Crippen LogP contribution >= 0.6 is 0 Å². The molecule has 0 saturated heterocycles. The molecule has 0 aliphatic rings. The molecule has 38 heavy (non-hydrogen) atoms. The number of allylic oxidation sites excluding steroid dienone is 4. The van der Waals surface area contributed by atoms with Gasteiger partial charge in [-0.05, 0) is 44.9 Å². The lowest BCUT2D eigenvalue weighted by atomic mass is 10.1. The van der Waals surface area contributed by atoms with Crippen LogP contribution in [0.15, 0.2) is 24.3 Å². The summed E-state index contributed by atoms with van der Waals surface area (Å²) < 4.78 is 11.0. The number of ether oxygens (including phenoxy) is 2. The minimum atomic E-state index is -0.534. The van der Waals surface area contributed by atoms with Crippen LogP contribution in [0, 0.1) is 0 Å². The number of carbonyl (C=O) groups is 1. The van der Waals surface area contributed by atoms with E-state index in [0.29, 0.717) is 19.6 Å². The van der Waals surface area contributed by atoms with Crippen LogP contribution < -0.4 is 0 Å². The topological polar surface area (TPSA) is 55.8 Å². The second kappa shape index (κ2) is 32.1. The summed E-state index contributed by atoms with van der Waals surface area (Å²) in [6.07, 6.45) is 36.3. The molecule has 0 spiro atoms. The van der Waals surface area contributed by atoms with Crippen molar-refractivity contribution in [1.29, 1.82) is 0 Å². The van der Waals surface area contributed by atoms with E-state index in [4.69, 9.17) is 9.47 Å². The van der Waals surface area contributed by atoms with Crippen molar-refractivity contribution in [2.75, 3.05) is 19.8 Å². The lowest BCUT2D eigenvalue weighted by Crippen LogP contribution is -2.27. The molecule has 0 fully saturated rings. The fourth-order valence-electron chi connectivity index (χ4n) is 4.53. The molecule has 1 N–H and O–H groups in total. The number of unbranched alkanes of at least 4 members (excludes halogenated alkanes) is 18. The van der Waals surface area contributed by atoms with Crippen LogP contribution in [0.5, 0.6) is 0 Å². The molecule has 0 bridgehead atoms. The molecule has 1 unspecified atom stereocenters. The number of esters is 1. The van der Waals surface area contributed by atoms with Gasteiger partial charge in [0, 0.05) is 13.0 Å². The molecule has 0 rings (SSSR count). The first kappa shape index (κ1) is 36.9. The van der Waals surface area contributed by atoms with Crippen LogP contribution in [0.3, 0.4) is 0 Å². The smallest absolute Gasteiger partial charge is 0.306 e. The Kier molecular flexibility index (Phi) is 31.1. The summed E-state index contributed by atoms with van der Waals surface area (Å²) in [5, 5.41) is 9.50. The van der Waals surface area contributed by atoms with Gasteiger partial charge in [-0.15, -0.1) is 0 Å². The van der Waals surface area contributed by atoms with E-state index in [1.165, 1.54) is 103 Å². The Hall–Kier alpha value is -1.13. The van der Waals surface area contributed by atoms with Gasteiger partial charge in [0.15, 0.2) is 0 Å². The first-order valence-corrected chi connectivity index (χ1v) is 16.4. The minimum absolute atomic E-state index is 0.175. The van der Waals surface area contributed by atoms with Crippen molar-refractivity contribution in [3.63, 3.8) is 0 Å². The standard InChI is InChI=1S/C34H64O4/c1-3-5-7-9-11-13-15-16-17-18-19-20-21-23-25-27-29-34(36)38-33(31-35)32-37-30-28-26-24-22-14-12-10-8-6-4-2/h13,15,17-18,33,35H,3-12,14,16,19-32H2,1-2H3/b15-13-,18-17-. The molecule has 4 heteroatoms. The van der Waals surface area contributed by atoms with Gasteiger partial charge in [0.05, 0.1) is 13.2 Å². The summed E-state index contributed by atoms with van der Waals surface area (Å²) >= 11 is 0. The third-order valence-electron chi connectivity index (χ3n) is 7.03. The summed E-state index contributed by atoms with van der Waals surface area (Å²) in [7, 11) is 0. The fraction of sp³-hybridized carbons (Fsp3) is 0.853. The van der Waals surface area contributed by atoms with Crippen molar-refractivity contribution in [2.45, 2.75) is 168 Å². The van der Waals surface area contributed by atoms with Gasteiger partial charge in [-0.25, -0.2) is 0 Å². The average Bonchev–Trinajstić information content (AvgIpc) is 2.92. The van der Waals surface area contributed by atoms with E-state index in [2.05, 4.69) is 38.2 Å². The van der Waals surface area contributed by atoms with Crippen molar-refractivity contribution < 1.29 is 19.4 Å². The largest absolute Gasteiger partial charge is 0.457 e. The van der Waals surface area contributed by atoms with Gasteiger partial charge < -0.3 is 14.6 Å². The molecule has 0 aromatic rings. The van der Waals surface area contributed by atoms with Gasteiger partial charge in [0.1, 0.15) is 6.10 Å². The first-order chi connectivity index (χ1) is 18.7. The highest BCUT2D eigenvalue weighted by Gasteiger charge is 2.13. The van der Waals surface area contributed by atoms with Gasteiger partial charge >= 0.3 is 5.97 Å². The number of hydrogen-bond acceptors (Lipinski definition) is 4. The number of hydrogen-bond donors (Lipinski definition) is 1. The van der Waals surface area contributed by atoms with Crippen molar-refractivity contribution >= 4 is 5.97 Å². The van der Waals surface area contributed by atoms with E-state index in [0.717, 1.165) is 38.5 Å². The Morgan fingerprint density at radius 1 is 0.632 bits per heavy atom. The second-order valence-electron chi connectivity index (χ2n) is 10.9. The predicted molar refractivity (Wildman–Crippen MR) is 164 cm³/mol. The fourth-order valence-corrected chi connectivity index (χ4v) is 4.53. The average molecular weight is 537 g/mol. The predicted octanol–water partition coefficient (Wildman–Crippen LogP) is 10.0. The second-order valence-corrected chi connectivity index (χ2v) is 10.9. The maximum Gasteiger partial charge on any atom is 0.306 e. The molecular weight excluding hydrogens is 472 g/mol. The van der Waals surface area contributed by atoms with Crippen LogP contribution in [0.2, 0.25) is 0 Å². The maximum absolute atomic E-state index is 12.1. The van der Waals surface area contributed by atoms with Crippen LogP contribution in [0.1, 0.15) is 162 Å².